The minimum Gasteiger partial charge on any atom is -0.496 e. The Balaban J connectivity index is 2.30. The molecule has 20 heavy (non-hydrogen) atoms. The van der Waals surface area contributed by atoms with E-state index in [1.54, 1.807) is 12.1 Å². The van der Waals surface area contributed by atoms with Crippen LogP contribution in [-0.4, -0.2) is 20.5 Å². The Bertz CT molecular complexity index is 717. The van der Waals surface area contributed by atoms with Crippen molar-refractivity contribution in [3.63, 3.8) is 0 Å². The standard InChI is InChI=1S/C12H12BrN3O3S/c1-19-11-4-3-9(6-10(11)13)20(17,18)16-8-2-5-12(14)15-7-8/h2-7,16H,1H3,(H2,14,15). The summed E-state index contributed by atoms with van der Waals surface area (Å²) < 4.78 is 32.4. The lowest BCUT2D eigenvalue weighted by molar-refractivity contribution is 0.411. The van der Waals surface area contributed by atoms with Crippen molar-refractivity contribution in [1.82, 2.24) is 4.98 Å². The molecule has 0 saturated heterocycles. The van der Waals surface area contributed by atoms with Gasteiger partial charge in [-0.2, -0.15) is 0 Å². The SMILES string of the molecule is COc1ccc(S(=O)(=O)Nc2ccc(N)nc2)cc1Br. The average Bonchev–Trinajstić information content (AvgIpc) is 2.41. The molecule has 0 aliphatic rings. The number of aromatic nitrogens is 1. The van der Waals surface area contributed by atoms with Crippen LogP contribution in [-0.2, 0) is 10.0 Å². The molecule has 1 aromatic heterocycles. The lowest BCUT2D eigenvalue weighted by Crippen LogP contribution is -2.13. The Kier molecular flexibility index (Phi) is 4.15. The van der Waals surface area contributed by atoms with E-state index in [4.69, 9.17) is 10.5 Å². The van der Waals surface area contributed by atoms with Gasteiger partial charge < -0.3 is 10.5 Å². The van der Waals surface area contributed by atoms with Gasteiger partial charge >= 0.3 is 0 Å². The van der Waals surface area contributed by atoms with Gasteiger partial charge in [0.2, 0.25) is 0 Å². The number of methoxy groups -OCH3 is 1. The number of ether oxygens (including phenoxy) is 1. The molecule has 0 unspecified atom stereocenters. The largest absolute Gasteiger partial charge is 0.496 e. The summed E-state index contributed by atoms with van der Waals surface area (Å²) in [5.41, 5.74) is 5.78. The molecule has 0 saturated carbocycles. The predicted octanol–water partition coefficient (Wildman–Crippen LogP) is 2.24. The van der Waals surface area contributed by atoms with Crippen LogP contribution < -0.4 is 15.2 Å². The number of sulfonamides is 1. The zero-order valence-electron chi connectivity index (χ0n) is 10.5. The third-order valence-corrected chi connectivity index (χ3v) is 4.47. The topological polar surface area (TPSA) is 94.3 Å². The first kappa shape index (κ1) is 14.6. The highest BCUT2D eigenvalue weighted by atomic mass is 79.9. The number of hydrogen-bond donors (Lipinski definition) is 2. The van der Waals surface area contributed by atoms with Gasteiger partial charge in [-0.1, -0.05) is 0 Å². The van der Waals surface area contributed by atoms with E-state index in [2.05, 4.69) is 25.6 Å². The zero-order valence-corrected chi connectivity index (χ0v) is 12.9. The fourth-order valence-electron chi connectivity index (χ4n) is 1.49. The fraction of sp³-hybridized carbons (Fsp3) is 0.0833. The number of nitrogens with two attached hydrogens (primary N) is 1. The van der Waals surface area contributed by atoms with Crippen molar-refractivity contribution < 1.29 is 13.2 Å². The minimum absolute atomic E-state index is 0.113. The van der Waals surface area contributed by atoms with Crippen LogP contribution in [0.3, 0.4) is 0 Å². The smallest absolute Gasteiger partial charge is 0.261 e. The van der Waals surface area contributed by atoms with Gasteiger partial charge in [0.15, 0.2) is 0 Å². The van der Waals surface area contributed by atoms with Gasteiger partial charge in [-0.25, -0.2) is 13.4 Å². The number of nitrogen functional groups attached to an aromatic ring is 1. The van der Waals surface area contributed by atoms with Crippen molar-refractivity contribution in [3.05, 3.63) is 41.0 Å². The fourth-order valence-corrected chi connectivity index (χ4v) is 3.26. The quantitative estimate of drug-likeness (QED) is 0.874. The third-order valence-electron chi connectivity index (χ3n) is 2.47. The molecule has 0 bridgehead atoms. The van der Waals surface area contributed by atoms with Gasteiger partial charge in [-0.05, 0) is 46.3 Å². The highest BCUT2D eigenvalue weighted by Gasteiger charge is 2.16. The van der Waals surface area contributed by atoms with Gasteiger partial charge in [0.25, 0.3) is 10.0 Å². The van der Waals surface area contributed by atoms with E-state index in [1.165, 1.54) is 31.5 Å². The van der Waals surface area contributed by atoms with E-state index in [1.807, 2.05) is 0 Å². The summed E-state index contributed by atoms with van der Waals surface area (Å²) >= 11 is 3.25. The molecule has 0 aliphatic heterocycles. The number of benzene rings is 1. The molecule has 8 heteroatoms. The second kappa shape index (κ2) is 5.68. The highest BCUT2D eigenvalue weighted by molar-refractivity contribution is 9.10. The van der Waals surface area contributed by atoms with Crippen LogP contribution in [0.15, 0.2) is 45.9 Å². The molecule has 0 amide bonds. The van der Waals surface area contributed by atoms with Gasteiger partial charge in [0.05, 0.1) is 28.4 Å². The summed E-state index contributed by atoms with van der Waals surface area (Å²) in [5.74, 6) is 0.873. The second-order valence-electron chi connectivity index (χ2n) is 3.87. The maximum atomic E-state index is 12.2. The Morgan fingerprint density at radius 1 is 1.30 bits per heavy atom. The monoisotopic (exact) mass is 357 g/mol. The lowest BCUT2D eigenvalue weighted by atomic mass is 10.3. The summed E-state index contributed by atoms with van der Waals surface area (Å²) in [4.78, 5) is 3.94. The zero-order chi connectivity index (χ0) is 14.8. The minimum atomic E-state index is -3.69. The number of nitrogens with one attached hydrogen (secondary N) is 1. The lowest BCUT2D eigenvalue weighted by Gasteiger charge is -2.09. The summed E-state index contributed by atoms with van der Waals surface area (Å²) in [7, 11) is -2.18. The number of pyridine rings is 1. The van der Waals surface area contributed by atoms with Gasteiger partial charge in [0.1, 0.15) is 11.6 Å². The molecule has 0 spiro atoms. The molecule has 0 fully saturated rings. The molecular formula is C12H12BrN3O3S. The number of anilines is 2. The van der Waals surface area contributed by atoms with E-state index in [-0.39, 0.29) is 4.90 Å². The van der Waals surface area contributed by atoms with Crippen LogP contribution in [0.5, 0.6) is 5.75 Å². The summed E-state index contributed by atoms with van der Waals surface area (Å²) in [6, 6.07) is 7.54. The second-order valence-corrected chi connectivity index (χ2v) is 6.41. The predicted molar refractivity (Wildman–Crippen MR) is 80.2 cm³/mol. The van der Waals surface area contributed by atoms with Crippen LogP contribution in [0, 0.1) is 0 Å². The number of rotatable bonds is 4. The van der Waals surface area contributed by atoms with Gasteiger partial charge in [-0.3, -0.25) is 4.72 Å². The molecule has 2 aromatic rings. The third kappa shape index (κ3) is 3.20. The van der Waals surface area contributed by atoms with Crippen molar-refractivity contribution in [1.29, 1.82) is 0 Å². The normalized spacial score (nSPS) is 11.1. The Morgan fingerprint density at radius 3 is 2.60 bits per heavy atom. The molecule has 0 atom stereocenters. The molecule has 0 aliphatic carbocycles. The van der Waals surface area contributed by atoms with Gasteiger partial charge in [0, 0.05) is 0 Å². The maximum absolute atomic E-state index is 12.2. The summed E-state index contributed by atoms with van der Waals surface area (Å²) in [6.07, 6.45) is 1.35. The molecule has 6 nitrogen and oxygen atoms in total. The van der Waals surface area contributed by atoms with E-state index in [0.29, 0.717) is 21.7 Å². The first-order valence-corrected chi connectivity index (χ1v) is 7.78. The molecular weight excluding hydrogens is 346 g/mol. The van der Waals surface area contributed by atoms with Crippen molar-refractivity contribution >= 4 is 37.5 Å². The van der Waals surface area contributed by atoms with Crippen LogP contribution >= 0.6 is 15.9 Å². The van der Waals surface area contributed by atoms with Crippen molar-refractivity contribution in [2.45, 2.75) is 4.90 Å². The highest BCUT2D eigenvalue weighted by Crippen LogP contribution is 2.28. The van der Waals surface area contributed by atoms with Gasteiger partial charge in [-0.15, -0.1) is 0 Å². The number of halogens is 1. The molecule has 1 heterocycles. The van der Waals surface area contributed by atoms with Crippen LogP contribution in [0.4, 0.5) is 11.5 Å². The van der Waals surface area contributed by atoms with E-state index in [9.17, 15) is 8.42 Å². The van der Waals surface area contributed by atoms with Crippen LogP contribution in [0.25, 0.3) is 0 Å². The molecule has 106 valence electrons. The van der Waals surface area contributed by atoms with E-state index < -0.39 is 10.0 Å². The number of hydrogen-bond acceptors (Lipinski definition) is 5. The van der Waals surface area contributed by atoms with Crippen molar-refractivity contribution in [2.75, 3.05) is 17.6 Å². The van der Waals surface area contributed by atoms with E-state index >= 15 is 0 Å². The molecule has 0 radical (unpaired) electrons. The number of nitrogens with zero attached hydrogens (tertiary/aromatic N) is 1. The van der Waals surface area contributed by atoms with Crippen LogP contribution in [0.2, 0.25) is 0 Å². The summed E-state index contributed by atoms with van der Waals surface area (Å²) in [5, 5.41) is 0. The Hall–Kier alpha value is -1.80. The average molecular weight is 358 g/mol. The summed E-state index contributed by atoms with van der Waals surface area (Å²) in [6.45, 7) is 0. The molecule has 3 N–H and O–H groups in total. The Morgan fingerprint density at radius 2 is 2.05 bits per heavy atom. The molecule has 1 aromatic carbocycles. The first-order chi connectivity index (χ1) is 9.42. The first-order valence-electron chi connectivity index (χ1n) is 5.50. The van der Waals surface area contributed by atoms with Crippen molar-refractivity contribution in [2.24, 2.45) is 0 Å². The van der Waals surface area contributed by atoms with Crippen LogP contribution in [0.1, 0.15) is 0 Å². The van der Waals surface area contributed by atoms with Crippen molar-refractivity contribution in [3.8, 4) is 5.75 Å². The maximum Gasteiger partial charge on any atom is 0.261 e. The Labute approximate surface area is 125 Å². The molecule has 2 rings (SSSR count). The van der Waals surface area contributed by atoms with E-state index in [0.717, 1.165) is 0 Å².